The minimum atomic E-state index is -3.43. The van der Waals surface area contributed by atoms with Gasteiger partial charge in [-0.25, -0.2) is 8.42 Å². The Morgan fingerprint density at radius 2 is 2.15 bits per heavy atom. The summed E-state index contributed by atoms with van der Waals surface area (Å²) in [5.74, 6) is -0.113. The van der Waals surface area contributed by atoms with E-state index in [1.54, 1.807) is 12.1 Å². The van der Waals surface area contributed by atoms with Crippen molar-refractivity contribution < 1.29 is 17.9 Å². The second-order valence-electron chi connectivity index (χ2n) is 4.30. The summed E-state index contributed by atoms with van der Waals surface area (Å²) in [6.07, 6.45) is -0.143. The fraction of sp³-hybridized carbons (Fsp3) is 0.500. The van der Waals surface area contributed by atoms with Crippen molar-refractivity contribution in [1.29, 1.82) is 5.26 Å². The van der Waals surface area contributed by atoms with E-state index in [1.807, 2.05) is 19.9 Å². The molecule has 5 nitrogen and oxygen atoms in total. The molecule has 20 heavy (non-hydrogen) atoms. The van der Waals surface area contributed by atoms with Gasteiger partial charge in [0.25, 0.3) is 0 Å². The Balaban J connectivity index is 2.55. The first-order chi connectivity index (χ1) is 9.49. The molecule has 1 unspecified atom stereocenters. The van der Waals surface area contributed by atoms with Gasteiger partial charge in [-0.15, -0.1) is 0 Å². The van der Waals surface area contributed by atoms with Crippen molar-refractivity contribution in [2.75, 3.05) is 25.6 Å². The van der Waals surface area contributed by atoms with Crippen molar-refractivity contribution in [3.05, 3.63) is 29.8 Å². The minimum Gasteiger partial charge on any atom is -0.379 e. The number of rotatable bonds is 8. The third-order valence-electron chi connectivity index (χ3n) is 2.63. The summed E-state index contributed by atoms with van der Waals surface area (Å²) in [5, 5.41) is 8.78. The number of ether oxygens (including phenoxy) is 2. The first-order valence-electron chi connectivity index (χ1n) is 6.42. The van der Waals surface area contributed by atoms with Gasteiger partial charge in [0.15, 0.2) is 9.84 Å². The van der Waals surface area contributed by atoms with E-state index in [-0.39, 0.29) is 23.4 Å². The zero-order valence-electron chi connectivity index (χ0n) is 11.7. The average molecular weight is 297 g/mol. The zero-order valence-corrected chi connectivity index (χ0v) is 12.5. The standard InChI is InChI=1S/C14H19NO4S/c1-3-18-11-12(2)19-7-8-20(16,17)14-6-4-5-13(9-14)10-15/h4-6,9,12H,3,7-8,11H2,1-2H3. The summed E-state index contributed by atoms with van der Waals surface area (Å²) >= 11 is 0. The number of sulfone groups is 1. The van der Waals surface area contributed by atoms with Crippen molar-refractivity contribution in [2.24, 2.45) is 0 Å². The van der Waals surface area contributed by atoms with Crippen molar-refractivity contribution in [2.45, 2.75) is 24.8 Å². The van der Waals surface area contributed by atoms with Gasteiger partial charge in [0, 0.05) is 6.61 Å². The molecule has 0 saturated carbocycles. The van der Waals surface area contributed by atoms with Crippen LogP contribution in [0.15, 0.2) is 29.2 Å². The summed E-state index contributed by atoms with van der Waals surface area (Å²) in [7, 11) is -3.43. The van der Waals surface area contributed by atoms with Crippen LogP contribution in [0.4, 0.5) is 0 Å². The molecule has 0 bridgehead atoms. The molecule has 110 valence electrons. The van der Waals surface area contributed by atoms with Gasteiger partial charge in [0.1, 0.15) is 0 Å². The maximum Gasteiger partial charge on any atom is 0.180 e. The number of benzene rings is 1. The van der Waals surface area contributed by atoms with Crippen molar-refractivity contribution in [1.82, 2.24) is 0 Å². The lowest BCUT2D eigenvalue weighted by atomic mass is 10.2. The largest absolute Gasteiger partial charge is 0.379 e. The molecule has 1 rings (SSSR count). The van der Waals surface area contributed by atoms with E-state index < -0.39 is 9.84 Å². The van der Waals surface area contributed by atoms with E-state index in [4.69, 9.17) is 14.7 Å². The van der Waals surface area contributed by atoms with Crippen LogP contribution in [0.5, 0.6) is 0 Å². The maximum atomic E-state index is 12.1. The summed E-state index contributed by atoms with van der Waals surface area (Å²) in [6, 6.07) is 7.91. The summed E-state index contributed by atoms with van der Waals surface area (Å²) in [6.45, 7) is 4.87. The molecule has 0 fully saturated rings. The zero-order chi connectivity index (χ0) is 15.0. The van der Waals surface area contributed by atoms with Crippen LogP contribution >= 0.6 is 0 Å². The third-order valence-corrected chi connectivity index (χ3v) is 4.31. The molecule has 0 heterocycles. The van der Waals surface area contributed by atoms with Gasteiger partial charge < -0.3 is 9.47 Å². The lowest BCUT2D eigenvalue weighted by Gasteiger charge is -2.13. The quantitative estimate of drug-likeness (QED) is 0.731. The molecule has 0 aliphatic heterocycles. The van der Waals surface area contributed by atoms with Gasteiger partial charge in [0.05, 0.1) is 41.6 Å². The van der Waals surface area contributed by atoms with Gasteiger partial charge in [-0.1, -0.05) is 6.07 Å². The van der Waals surface area contributed by atoms with E-state index in [0.29, 0.717) is 18.8 Å². The molecule has 1 aromatic carbocycles. The maximum absolute atomic E-state index is 12.1. The fourth-order valence-electron chi connectivity index (χ4n) is 1.57. The molecule has 1 atom stereocenters. The number of nitriles is 1. The summed E-state index contributed by atoms with van der Waals surface area (Å²) in [4.78, 5) is 0.151. The lowest BCUT2D eigenvalue weighted by molar-refractivity contribution is 0.00288. The van der Waals surface area contributed by atoms with Crippen LogP contribution in [-0.2, 0) is 19.3 Å². The molecule has 6 heteroatoms. The Bertz CT molecular complexity index is 563. The van der Waals surface area contributed by atoms with Crippen molar-refractivity contribution >= 4 is 9.84 Å². The number of hydrogen-bond acceptors (Lipinski definition) is 5. The van der Waals surface area contributed by atoms with Crippen LogP contribution < -0.4 is 0 Å². The first kappa shape index (κ1) is 16.6. The first-order valence-corrected chi connectivity index (χ1v) is 8.07. The molecule has 0 amide bonds. The van der Waals surface area contributed by atoms with Gasteiger partial charge in [-0.05, 0) is 32.0 Å². The van der Waals surface area contributed by atoms with Gasteiger partial charge in [0.2, 0.25) is 0 Å². The molecule has 0 aromatic heterocycles. The predicted octanol–water partition coefficient (Wildman–Crippen LogP) is 1.77. The number of nitrogens with zero attached hydrogens (tertiary/aromatic N) is 1. The van der Waals surface area contributed by atoms with Crippen molar-refractivity contribution in [3.63, 3.8) is 0 Å². The van der Waals surface area contributed by atoms with Crippen LogP contribution in [0.25, 0.3) is 0 Å². The Kier molecular flexibility index (Phi) is 6.65. The fourth-order valence-corrected chi connectivity index (χ4v) is 2.71. The monoisotopic (exact) mass is 297 g/mol. The topological polar surface area (TPSA) is 76.4 Å². The predicted molar refractivity (Wildman–Crippen MR) is 75.1 cm³/mol. The molecule has 1 aromatic rings. The Labute approximate surface area is 120 Å². The molecular weight excluding hydrogens is 278 g/mol. The third kappa shape index (κ3) is 5.29. The highest BCUT2D eigenvalue weighted by Gasteiger charge is 2.15. The highest BCUT2D eigenvalue weighted by Crippen LogP contribution is 2.13. The normalized spacial score (nSPS) is 12.8. The van der Waals surface area contributed by atoms with E-state index in [1.165, 1.54) is 12.1 Å². The Morgan fingerprint density at radius 3 is 2.80 bits per heavy atom. The molecule has 0 spiro atoms. The van der Waals surface area contributed by atoms with E-state index >= 15 is 0 Å². The van der Waals surface area contributed by atoms with Crippen LogP contribution in [0, 0.1) is 11.3 Å². The molecule has 0 saturated heterocycles. The van der Waals surface area contributed by atoms with E-state index in [0.717, 1.165) is 0 Å². The van der Waals surface area contributed by atoms with Crippen LogP contribution in [-0.4, -0.2) is 40.1 Å². The summed E-state index contributed by atoms with van der Waals surface area (Å²) in [5.41, 5.74) is 0.330. The molecular formula is C14H19NO4S. The lowest BCUT2D eigenvalue weighted by Crippen LogP contribution is -2.20. The second kappa shape index (κ2) is 8.00. The molecule has 0 aliphatic carbocycles. The van der Waals surface area contributed by atoms with E-state index in [2.05, 4.69) is 0 Å². The molecule has 0 N–H and O–H groups in total. The van der Waals surface area contributed by atoms with Crippen molar-refractivity contribution in [3.8, 4) is 6.07 Å². The highest BCUT2D eigenvalue weighted by atomic mass is 32.2. The molecule has 0 aliphatic rings. The Morgan fingerprint density at radius 1 is 1.40 bits per heavy atom. The van der Waals surface area contributed by atoms with Crippen LogP contribution in [0.1, 0.15) is 19.4 Å². The van der Waals surface area contributed by atoms with Gasteiger partial charge in [-0.3, -0.25) is 0 Å². The highest BCUT2D eigenvalue weighted by molar-refractivity contribution is 7.91. The molecule has 0 radical (unpaired) electrons. The number of hydrogen-bond donors (Lipinski definition) is 0. The smallest absolute Gasteiger partial charge is 0.180 e. The van der Waals surface area contributed by atoms with E-state index in [9.17, 15) is 8.42 Å². The SMILES string of the molecule is CCOCC(C)OCCS(=O)(=O)c1cccc(C#N)c1. The second-order valence-corrected chi connectivity index (χ2v) is 6.41. The van der Waals surface area contributed by atoms with Gasteiger partial charge in [-0.2, -0.15) is 5.26 Å². The Hall–Kier alpha value is -1.42. The average Bonchev–Trinajstić information content (AvgIpc) is 2.45. The van der Waals surface area contributed by atoms with Crippen LogP contribution in [0.3, 0.4) is 0 Å². The van der Waals surface area contributed by atoms with Gasteiger partial charge >= 0.3 is 0 Å². The summed E-state index contributed by atoms with van der Waals surface area (Å²) < 4.78 is 34.7. The minimum absolute atomic E-state index is 0.105. The van der Waals surface area contributed by atoms with Crippen LogP contribution in [0.2, 0.25) is 0 Å².